The molecule has 6 nitrogen and oxygen atoms in total. The molecule has 0 aliphatic carbocycles. The van der Waals surface area contributed by atoms with Crippen LogP contribution in [-0.2, 0) is 21.5 Å². The highest BCUT2D eigenvalue weighted by molar-refractivity contribution is 7.08. The van der Waals surface area contributed by atoms with Crippen molar-refractivity contribution < 1.29 is 18.7 Å². The van der Waals surface area contributed by atoms with E-state index < -0.39 is 5.41 Å². The third-order valence-corrected chi connectivity index (χ3v) is 4.78. The van der Waals surface area contributed by atoms with E-state index in [0.29, 0.717) is 0 Å². The zero-order valence-corrected chi connectivity index (χ0v) is 13.5. The number of carbonyl (C=O) groups is 2. The van der Waals surface area contributed by atoms with E-state index in [2.05, 4.69) is 0 Å². The zero-order valence-electron chi connectivity index (χ0n) is 12.7. The molecule has 1 fully saturated rings. The fourth-order valence-electron chi connectivity index (χ4n) is 2.76. The number of thiophene rings is 1. The molecule has 23 heavy (non-hydrogen) atoms. The lowest BCUT2D eigenvalue weighted by atomic mass is 9.83. The lowest BCUT2D eigenvalue weighted by Crippen LogP contribution is -2.36. The number of carbonyl (C=O) groups excluding carboxylic acids is 2. The molecule has 0 spiro atoms. The van der Waals surface area contributed by atoms with Crippen LogP contribution in [0.5, 0.6) is 5.75 Å². The van der Waals surface area contributed by atoms with E-state index in [1.165, 1.54) is 30.8 Å². The van der Waals surface area contributed by atoms with Crippen molar-refractivity contribution in [3.63, 3.8) is 0 Å². The Morgan fingerprint density at radius 1 is 1.35 bits per heavy atom. The van der Waals surface area contributed by atoms with E-state index >= 15 is 0 Å². The van der Waals surface area contributed by atoms with Crippen molar-refractivity contribution in [3.8, 4) is 5.75 Å². The van der Waals surface area contributed by atoms with Gasteiger partial charge in [-0.2, -0.15) is 11.3 Å². The van der Waals surface area contributed by atoms with Gasteiger partial charge >= 0.3 is 0 Å². The number of rotatable bonds is 4. The number of hydrogen-bond donors (Lipinski definition) is 0. The second-order valence-electron chi connectivity index (χ2n) is 5.55. The monoisotopic (exact) mass is 333 g/mol. The lowest BCUT2D eigenvalue weighted by molar-refractivity contribution is -0.140. The molecule has 7 heteroatoms. The van der Waals surface area contributed by atoms with E-state index in [9.17, 15) is 14.4 Å². The molecule has 0 bridgehead atoms. The molecule has 0 N–H and O–H groups in total. The molecule has 2 aromatic rings. The summed E-state index contributed by atoms with van der Waals surface area (Å²) in [6.45, 7) is 1.64. The van der Waals surface area contributed by atoms with Crippen LogP contribution in [0.2, 0.25) is 0 Å². The second kappa shape index (κ2) is 5.66. The predicted molar refractivity (Wildman–Crippen MR) is 83.4 cm³/mol. The minimum Gasteiger partial charge on any atom is -0.490 e. The number of likely N-dealkylation sites (tertiary alicyclic amines) is 1. The molecule has 1 unspecified atom stereocenters. The Hall–Kier alpha value is -2.41. The highest BCUT2D eigenvalue weighted by atomic mass is 32.1. The molecule has 1 aliphatic rings. The summed E-state index contributed by atoms with van der Waals surface area (Å²) in [6.07, 6.45) is 1.32. The summed E-state index contributed by atoms with van der Waals surface area (Å²) in [5, 5.41) is 3.75. The van der Waals surface area contributed by atoms with Gasteiger partial charge in [-0.15, -0.1) is 0 Å². The Morgan fingerprint density at radius 3 is 2.78 bits per heavy atom. The molecule has 0 radical (unpaired) electrons. The van der Waals surface area contributed by atoms with Crippen molar-refractivity contribution in [1.82, 2.24) is 4.90 Å². The maximum Gasteiger partial charge on any atom is 0.240 e. The highest BCUT2D eigenvalue weighted by Gasteiger charge is 2.49. The van der Waals surface area contributed by atoms with Gasteiger partial charge in [0.15, 0.2) is 5.76 Å². The maximum atomic E-state index is 12.8. The SMILES string of the molecule is COc1c(CN2C(=O)CC(C)(c3ccsc3)C2=O)occc1=O. The van der Waals surface area contributed by atoms with E-state index in [1.807, 2.05) is 16.8 Å². The third-order valence-electron chi connectivity index (χ3n) is 4.09. The summed E-state index contributed by atoms with van der Waals surface area (Å²) >= 11 is 1.48. The average Bonchev–Trinajstić information content (AvgIpc) is 3.12. The number of ether oxygens (including phenoxy) is 1. The summed E-state index contributed by atoms with van der Waals surface area (Å²) in [5.74, 6) is -0.416. The molecule has 1 aliphatic heterocycles. The molecule has 3 heterocycles. The van der Waals surface area contributed by atoms with Crippen LogP contribution in [0.15, 0.2) is 38.4 Å². The number of amides is 2. The summed E-state index contributed by atoms with van der Waals surface area (Å²) in [6, 6.07) is 3.08. The molecular weight excluding hydrogens is 318 g/mol. The molecule has 120 valence electrons. The van der Waals surface area contributed by atoms with Gasteiger partial charge in [-0.3, -0.25) is 19.3 Å². The number of hydrogen-bond acceptors (Lipinski definition) is 6. The van der Waals surface area contributed by atoms with Crippen LogP contribution in [0.4, 0.5) is 0 Å². The van der Waals surface area contributed by atoms with Gasteiger partial charge in [0, 0.05) is 12.5 Å². The van der Waals surface area contributed by atoms with Gasteiger partial charge in [-0.05, 0) is 29.3 Å². The van der Waals surface area contributed by atoms with Gasteiger partial charge in [0.1, 0.15) is 0 Å². The molecule has 0 saturated carbocycles. The van der Waals surface area contributed by atoms with E-state index in [4.69, 9.17) is 9.15 Å². The van der Waals surface area contributed by atoms with Gasteiger partial charge in [0.05, 0.1) is 25.3 Å². The summed E-state index contributed by atoms with van der Waals surface area (Å²) in [5.41, 5.74) is -0.405. The minimum absolute atomic E-state index is 0.0113. The Kier molecular flexibility index (Phi) is 3.81. The Labute approximate surface area is 136 Å². The highest BCUT2D eigenvalue weighted by Crippen LogP contribution is 2.38. The van der Waals surface area contributed by atoms with E-state index in [-0.39, 0.29) is 41.7 Å². The average molecular weight is 333 g/mol. The molecule has 2 aromatic heterocycles. The van der Waals surface area contributed by atoms with Crippen molar-refractivity contribution in [2.75, 3.05) is 7.11 Å². The maximum absolute atomic E-state index is 12.8. The number of methoxy groups -OCH3 is 1. The zero-order chi connectivity index (χ0) is 16.6. The second-order valence-corrected chi connectivity index (χ2v) is 6.33. The van der Waals surface area contributed by atoms with Crippen LogP contribution >= 0.6 is 11.3 Å². The van der Waals surface area contributed by atoms with Crippen molar-refractivity contribution in [2.45, 2.75) is 25.3 Å². The summed E-state index contributed by atoms with van der Waals surface area (Å²) in [4.78, 5) is 38.0. The van der Waals surface area contributed by atoms with Crippen molar-refractivity contribution in [1.29, 1.82) is 0 Å². The Morgan fingerprint density at radius 2 is 2.13 bits per heavy atom. The van der Waals surface area contributed by atoms with Crippen LogP contribution in [0, 0.1) is 0 Å². The molecule has 1 atom stereocenters. The van der Waals surface area contributed by atoms with Crippen LogP contribution in [0.3, 0.4) is 0 Å². The Bertz CT molecular complexity index is 810. The van der Waals surface area contributed by atoms with Crippen LogP contribution in [0.25, 0.3) is 0 Å². The van der Waals surface area contributed by atoms with Gasteiger partial charge < -0.3 is 9.15 Å². The predicted octanol–water partition coefficient (Wildman–Crippen LogP) is 1.93. The summed E-state index contributed by atoms with van der Waals surface area (Å²) < 4.78 is 10.3. The first-order valence-corrected chi connectivity index (χ1v) is 7.94. The molecule has 1 saturated heterocycles. The molecule has 3 rings (SSSR count). The van der Waals surface area contributed by atoms with E-state index in [0.717, 1.165) is 10.5 Å². The van der Waals surface area contributed by atoms with Crippen LogP contribution in [-0.4, -0.2) is 23.8 Å². The summed E-state index contributed by atoms with van der Waals surface area (Å²) in [7, 11) is 1.35. The standard InChI is InChI=1S/C16H15NO5S/c1-16(10-4-6-23-9-10)7-13(19)17(15(16)20)8-12-14(21-2)11(18)3-5-22-12/h3-6,9H,7-8H2,1-2H3. The first-order chi connectivity index (χ1) is 11.0. The smallest absolute Gasteiger partial charge is 0.240 e. The molecule has 2 amide bonds. The van der Waals surface area contributed by atoms with Gasteiger partial charge in [0.2, 0.25) is 23.0 Å². The molecule has 0 aromatic carbocycles. The number of imide groups is 1. The lowest BCUT2D eigenvalue weighted by Gasteiger charge is -2.21. The van der Waals surface area contributed by atoms with Crippen molar-refractivity contribution >= 4 is 23.2 Å². The van der Waals surface area contributed by atoms with E-state index in [1.54, 1.807) is 6.92 Å². The van der Waals surface area contributed by atoms with Crippen LogP contribution in [0.1, 0.15) is 24.7 Å². The number of nitrogens with zero attached hydrogens (tertiary/aromatic N) is 1. The van der Waals surface area contributed by atoms with Crippen molar-refractivity contribution in [2.24, 2.45) is 0 Å². The minimum atomic E-state index is -0.876. The first-order valence-electron chi connectivity index (χ1n) is 6.99. The fourth-order valence-corrected chi connectivity index (χ4v) is 3.55. The van der Waals surface area contributed by atoms with Gasteiger partial charge in [0.25, 0.3) is 0 Å². The van der Waals surface area contributed by atoms with Gasteiger partial charge in [-0.1, -0.05) is 0 Å². The quantitative estimate of drug-likeness (QED) is 0.799. The van der Waals surface area contributed by atoms with Crippen LogP contribution < -0.4 is 10.2 Å². The first kappa shape index (κ1) is 15.5. The topological polar surface area (TPSA) is 76.8 Å². The fraction of sp³-hybridized carbons (Fsp3) is 0.312. The van der Waals surface area contributed by atoms with Gasteiger partial charge in [-0.25, -0.2) is 0 Å². The third kappa shape index (κ3) is 2.46. The largest absolute Gasteiger partial charge is 0.490 e. The Balaban J connectivity index is 1.93. The molecular formula is C16H15NO5S. The van der Waals surface area contributed by atoms with Crippen molar-refractivity contribution in [3.05, 3.63) is 50.7 Å². The normalized spacial score (nSPS) is 21.0.